The highest BCUT2D eigenvalue weighted by atomic mass is 19.1. The van der Waals surface area contributed by atoms with Crippen molar-refractivity contribution in [3.8, 4) is 0 Å². The van der Waals surface area contributed by atoms with Crippen LogP contribution in [0.25, 0.3) is 10.4 Å². The summed E-state index contributed by atoms with van der Waals surface area (Å²) in [6.45, 7) is 0. The second-order valence-electron chi connectivity index (χ2n) is 2.62. The van der Waals surface area contributed by atoms with Crippen molar-refractivity contribution in [1.29, 1.82) is 0 Å². The molecule has 0 aromatic heterocycles. The summed E-state index contributed by atoms with van der Waals surface area (Å²) in [5.41, 5.74) is 8.04. The molecular weight excluding hydrogens is 133 g/mol. The Balaban J connectivity index is 2.39. The minimum Gasteiger partial charge on any atom is -0.247 e. The van der Waals surface area contributed by atoms with Crippen LogP contribution in [0.5, 0.6) is 0 Å². The van der Waals surface area contributed by atoms with Gasteiger partial charge in [-0.2, -0.15) is 0 Å². The van der Waals surface area contributed by atoms with Crippen LogP contribution in [0.4, 0.5) is 4.39 Å². The van der Waals surface area contributed by atoms with Crippen molar-refractivity contribution in [3.63, 3.8) is 0 Å². The first-order valence-electron chi connectivity index (χ1n) is 3.51. The van der Waals surface area contributed by atoms with Gasteiger partial charge in [-0.15, -0.1) is 0 Å². The van der Waals surface area contributed by atoms with Gasteiger partial charge in [0.1, 0.15) is 6.17 Å². The second kappa shape index (κ2) is 3.42. The molecule has 10 heavy (non-hydrogen) atoms. The number of nitrogens with zero attached hydrogens (tertiary/aromatic N) is 3. The van der Waals surface area contributed by atoms with Crippen LogP contribution in [0.3, 0.4) is 0 Å². The van der Waals surface area contributed by atoms with Gasteiger partial charge in [-0.3, -0.25) is 0 Å². The Kier molecular flexibility index (Phi) is 2.51. The Labute approximate surface area is 58.9 Å². The number of hydrogen-bond donors (Lipinski definition) is 0. The third-order valence-corrected chi connectivity index (χ3v) is 1.80. The van der Waals surface area contributed by atoms with E-state index in [4.69, 9.17) is 5.53 Å². The van der Waals surface area contributed by atoms with Crippen LogP contribution in [0, 0.1) is 0 Å². The molecule has 0 saturated heterocycles. The second-order valence-corrected chi connectivity index (χ2v) is 2.62. The summed E-state index contributed by atoms with van der Waals surface area (Å²) in [6, 6.07) is -0.0891. The maximum Gasteiger partial charge on any atom is 0.101 e. The van der Waals surface area contributed by atoms with Gasteiger partial charge in [0.25, 0.3) is 0 Å². The van der Waals surface area contributed by atoms with E-state index in [0.29, 0.717) is 12.8 Å². The van der Waals surface area contributed by atoms with E-state index in [2.05, 4.69) is 10.0 Å². The van der Waals surface area contributed by atoms with E-state index in [1.54, 1.807) is 0 Å². The van der Waals surface area contributed by atoms with Crippen LogP contribution < -0.4 is 0 Å². The van der Waals surface area contributed by atoms with Crippen molar-refractivity contribution in [3.05, 3.63) is 10.4 Å². The molecule has 0 amide bonds. The van der Waals surface area contributed by atoms with Crippen LogP contribution in [-0.4, -0.2) is 12.2 Å². The highest BCUT2D eigenvalue weighted by Crippen LogP contribution is 2.23. The van der Waals surface area contributed by atoms with Crippen LogP contribution in [0.1, 0.15) is 25.7 Å². The fourth-order valence-electron chi connectivity index (χ4n) is 1.28. The minimum atomic E-state index is -0.746. The van der Waals surface area contributed by atoms with Gasteiger partial charge in [-0.1, -0.05) is 11.5 Å². The molecule has 4 heteroatoms. The summed E-state index contributed by atoms with van der Waals surface area (Å²) >= 11 is 0. The molecule has 0 bridgehead atoms. The van der Waals surface area contributed by atoms with Crippen molar-refractivity contribution in [2.24, 2.45) is 5.11 Å². The first kappa shape index (κ1) is 7.35. The number of alkyl halides is 1. The Morgan fingerprint density at radius 2 is 2.30 bits per heavy atom. The van der Waals surface area contributed by atoms with Crippen LogP contribution in [0.15, 0.2) is 5.11 Å². The lowest BCUT2D eigenvalue weighted by molar-refractivity contribution is 0.232. The summed E-state index contributed by atoms with van der Waals surface area (Å²) in [6.07, 6.45) is 2.01. The lowest BCUT2D eigenvalue weighted by Gasteiger charge is -2.19. The molecule has 0 aromatic rings. The van der Waals surface area contributed by atoms with E-state index < -0.39 is 6.17 Å². The van der Waals surface area contributed by atoms with Crippen LogP contribution in [0.2, 0.25) is 0 Å². The van der Waals surface area contributed by atoms with E-state index in [1.807, 2.05) is 0 Å². The number of hydrogen-bond acceptors (Lipinski definition) is 1. The standard InChI is InChI=1S/C6H10FN3/c7-5-2-1-3-6(4-5)9-10-8/h5-6H,1-4H2. The zero-order chi connectivity index (χ0) is 7.40. The Morgan fingerprint density at radius 3 is 2.90 bits per heavy atom. The predicted octanol–water partition coefficient (Wildman–Crippen LogP) is 2.58. The maximum atomic E-state index is 12.6. The number of rotatable bonds is 1. The Morgan fingerprint density at radius 1 is 1.50 bits per heavy atom. The summed E-state index contributed by atoms with van der Waals surface area (Å²) in [4.78, 5) is 2.65. The average Bonchev–Trinajstić information content (AvgIpc) is 1.88. The molecule has 56 valence electrons. The van der Waals surface area contributed by atoms with E-state index in [1.165, 1.54) is 0 Å². The van der Waals surface area contributed by atoms with Crippen molar-refractivity contribution in [2.45, 2.75) is 37.9 Å². The van der Waals surface area contributed by atoms with Gasteiger partial charge < -0.3 is 0 Å². The fourth-order valence-corrected chi connectivity index (χ4v) is 1.28. The first-order chi connectivity index (χ1) is 4.83. The zero-order valence-corrected chi connectivity index (χ0v) is 5.70. The molecule has 0 aliphatic heterocycles. The topological polar surface area (TPSA) is 48.8 Å². The van der Waals surface area contributed by atoms with Crippen molar-refractivity contribution < 1.29 is 4.39 Å². The van der Waals surface area contributed by atoms with E-state index in [9.17, 15) is 4.39 Å². The van der Waals surface area contributed by atoms with Gasteiger partial charge in [0, 0.05) is 11.0 Å². The molecule has 0 N–H and O–H groups in total. The fraction of sp³-hybridized carbons (Fsp3) is 1.00. The van der Waals surface area contributed by atoms with Gasteiger partial charge in [0.15, 0.2) is 0 Å². The van der Waals surface area contributed by atoms with Gasteiger partial charge in [0.2, 0.25) is 0 Å². The van der Waals surface area contributed by atoms with Gasteiger partial charge >= 0.3 is 0 Å². The molecule has 1 saturated carbocycles. The number of azide groups is 1. The molecule has 0 spiro atoms. The highest BCUT2D eigenvalue weighted by Gasteiger charge is 2.19. The molecule has 1 rings (SSSR count). The summed E-state index contributed by atoms with van der Waals surface area (Å²) in [5.74, 6) is 0. The third-order valence-electron chi connectivity index (χ3n) is 1.80. The lowest BCUT2D eigenvalue weighted by atomic mass is 9.95. The summed E-state index contributed by atoms with van der Waals surface area (Å²) in [5, 5.41) is 3.47. The van der Waals surface area contributed by atoms with Gasteiger partial charge in [-0.05, 0) is 24.8 Å². The van der Waals surface area contributed by atoms with Crippen molar-refractivity contribution in [1.82, 2.24) is 0 Å². The molecule has 3 nitrogen and oxygen atoms in total. The molecule has 2 unspecified atom stereocenters. The average molecular weight is 143 g/mol. The van der Waals surface area contributed by atoms with Gasteiger partial charge in [-0.25, -0.2) is 4.39 Å². The van der Waals surface area contributed by atoms with Crippen LogP contribution >= 0.6 is 0 Å². The first-order valence-corrected chi connectivity index (χ1v) is 3.51. The smallest absolute Gasteiger partial charge is 0.101 e. The van der Waals surface area contributed by atoms with E-state index in [-0.39, 0.29) is 6.04 Å². The largest absolute Gasteiger partial charge is 0.247 e. The van der Waals surface area contributed by atoms with Gasteiger partial charge in [0.05, 0.1) is 0 Å². The predicted molar refractivity (Wildman–Crippen MR) is 36.3 cm³/mol. The Hall–Kier alpha value is -0.760. The van der Waals surface area contributed by atoms with Crippen molar-refractivity contribution >= 4 is 0 Å². The Bertz CT molecular complexity index is 153. The highest BCUT2D eigenvalue weighted by molar-refractivity contribution is 4.77. The monoisotopic (exact) mass is 143 g/mol. The lowest BCUT2D eigenvalue weighted by Crippen LogP contribution is -2.18. The molecule has 0 aromatic carbocycles. The third kappa shape index (κ3) is 1.88. The molecule has 1 fully saturated rings. The normalized spacial score (nSPS) is 32.9. The van der Waals surface area contributed by atoms with E-state index in [0.717, 1.165) is 12.8 Å². The zero-order valence-electron chi connectivity index (χ0n) is 5.70. The molecular formula is C6H10FN3. The minimum absolute atomic E-state index is 0.0891. The molecule has 1 aliphatic rings. The van der Waals surface area contributed by atoms with Crippen LogP contribution in [-0.2, 0) is 0 Å². The maximum absolute atomic E-state index is 12.6. The molecule has 0 heterocycles. The van der Waals surface area contributed by atoms with Crippen molar-refractivity contribution in [2.75, 3.05) is 0 Å². The quantitative estimate of drug-likeness (QED) is 0.308. The SMILES string of the molecule is [N-]=[N+]=NC1CCCC(F)C1. The molecule has 1 aliphatic carbocycles. The number of halogens is 1. The van der Waals surface area contributed by atoms with E-state index >= 15 is 0 Å². The summed E-state index contributed by atoms with van der Waals surface area (Å²) < 4.78 is 12.6. The summed E-state index contributed by atoms with van der Waals surface area (Å²) in [7, 11) is 0. The molecule has 2 atom stereocenters. The molecule has 0 radical (unpaired) electrons.